The maximum atomic E-state index is 4.94. The van der Waals surface area contributed by atoms with E-state index in [1.165, 1.54) is 32.1 Å². The van der Waals surface area contributed by atoms with E-state index in [9.17, 15) is 0 Å². The molecule has 0 aliphatic rings. The molecule has 76 valence electrons. The molecule has 0 fully saturated rings. The smallest absolute Gasteiger partial charge is 0.0682 e. The van der Waals surface area contributed by atoms with Crippen molar-refractivity contribution < 1.29 is 4.29 Å². The fourth-order valence-electron chi connectivity index (χ4n) is 0.760. The van der Waals surface area contributed by atoms with E-state index < -0.39 is 0 Å². The van der Waals surface area contributed by atoms with Crippen LogP contribution in [0.4, 0.5) is 0 Å². The summed E-state index contributed by atoms with van der Waals surface area (Å²) in [5.74, 6) is 0. The Morgan fingerprint density at radius 2 is 1.33 bits per heavy atom. The van der Waals surface area contributed by atoms with Crippen LogP contribution in [0.3, 0.4) is 0 Å². The van der Waals surface area contributed by atoms with Crippen LogP contribution < -0.4 is 0 Å². The molecule has 0 amide bonds. The highest BCUT2D eigenvalue weighted by Crippen LogP contribution is 1.94. The summed E-state index contributed by atoms with van der Waals surface area (Å²) in [4.78, 5) is 0. The SMILES string of the molecule is CCCCC.CCCCCOCl. The summed E-state index contributed by atoms with van der Waals surface area (Å²) in [6.45, 7) is 7.26. The minimum absolute atomic E-state index is 0.690. The largest absolute Gasteiger partial charge is 0.279 e. The summed E-state index contributed by atoms with van der Waals surface area (Å²) >= 11 is 4.94. The number of hydrogen-bond donors (Lipinski definition) is 0. The van der Waals surface area contributed by atoms with E-state index in [0.717, 1.165) is 6.42 Å². The Kier molecular flexibility index (Phi) is 21.4. The van der Waals surface area contributed by atoms with Crippen LogP contribution in [-0.4, -0.2) is 6.61 Å². The van der Waals surface area contributed by atoms with Gasteiger partial charge < -0.3 is 0 Å². The molecule has 0 aliphatic carbocycles. The van der Waals surface area contributed by atoms with Crippen molar-refractivity contribution in [3.63, 3.8) is 0 Å². The summed E-state index contributed by atoms with van der Waals surface area (Å²) in [5, 5.41) is 0. The molecule has 0 aromatic heterocycles. The lowest BCUT2D eigenvalue weighted by atomic mass is 10.3. The Hall–Kier alpha value is 0.250. The standard InChI is InChI=1S/C5H11ClO.C5H12/c1-2-3-4-5-7-6;1-3-5-4-2/h2-5H2,1H3;3-5H2,1-2H3. The maximum absolute atomic E-state index is 4.94. The van der Waals surface area contributed by atoms with E-state index in [4.69, 9.17) is 11.9 Å². The minimum Gasteiger partial charge on any atom is -0.279 e. The molecular weight excluding hydrogens is 172 g/mol. The Balaban J connectivity index is 0. The molecule has 0 aromatic carbocycles. The maximum Gasteiger partial charge on any atom is 0.0682 e. The van der Waals surface area contributed by atoms with Crippen molar-refractivity contribution in [2.75, 3.05) is 6.61 Å². The van der Waals surface area contributed by atoms with Gasteiger partial charge in [0, 0.05) is 0 Å². The first-order valence-corrected chi connectivity index (χ1v) is 5.37. The molecule has 1 nitrogen and oxygen atoms in total. The Labute approximate surface area is 82.6 Å². The highest BCUT2D eigenvalue weighted by atomic mass is 35.5. The predicted molar refractivity (Wildman–Crippen MR) is 56.5 cm³/mol. The lowest BCUT2D eigenvalue weighted by Gasteiger charge is -1.90. The fraction of sp³-hybridized carbons (Fsp3) is 1.00. The highest BCUT2D eigenvalue weighted by molar-refractivity contribution is 6.07. The molecule has 12 heavy (non-hydrogen) atoms. The van der Waals surface area contributed by atoms with E-state index in [2.05, 4.69) is 25.1 Å². The number of halogens is 1. The second-order valence-corrected chi connectivity index (χ2v) is 3.09. The van der Waals surface area contributed by atoms with Gasteiger partial charge in [-0.05, 0) is 6.42 Å². The van der Waals surface area contributed by atoms with Gasteiger partial charge in [-0.2, -0.15) is 0 Å². The second kappa shape index (κ2) is 17.4. The van der Waals surface area contributed by atoms with E-state index in [0.29, 0.717) is 6.61 Å². The zero-order valence-corrected chi connectivity index (χ0v) is 9.49. The normalized spacial score (nSPS) is 9.00. The van der Waals surface area contributed by atoms with Gasteiger partial charge in [-0.15, -0.1) is 0 Å². The third-order valence-electron chi connectivity index (χ3n) is 1.53. The second-order valence-electron chi connectivity index (χ2n) is 2.87. The molecule has 0 radical (unpaired) electrons. The molecule has 0 atom stereocenters. The van der Waals surface area contributed by atoms with Gasteiger partial charge in [-0.1, -0.05) is 52.9 Å². The van der Waals surface area contributed by atoms with Crippen molar-refractivity contribution in [2.45, 2.75) is 59.3 Å². The molecule has 0 aromatic rings. The lowest BCUT2D eigenvalue weighted by molar-refractivity contribution is 0.337. The van der Waals surface area contributed by atoms with Crippen LogP contribution in [0.25, 0.3) is 0 Å². The molecule has 0 unspecified atom stereocenters. The van der Waals surface area contributed by atoms with Gasteiger partial charge in [0.2, 0.25) is 0 Å². The lowest BCUT2D eigenvalue weighted by Crippen LogP contribution is -1.81. The van der Waals surface area contributed by atoms with Crippen LogP contribution in [0.15, 0.2) is 0 Å². The van der Waals surface area contributed by atoms with E-state index >= 15 is 0 Å². The Bertz CT molecular complexity index is 51.8. The summed E-state index contributed by atoms with van der Waals surface area (Å²) in [5.41, 5.74) is 0. The minimum atomic E-state index is 0.690. The van der Waals surface area contributed by atoms with Crippen LogP contribution >= 0.6 is 11.9 Å². The van der Waals surface area contributed by atoms with Gasteiger partial charge in [0.25, 0.3) is 0 Å². The molecule has 0 rings (SSSR count). The van der Waals surface area contributed by atoms with Crippen LogP contribution in [0, 0.1) is 0 Å². The molecular formula is C10H23ClO. The van der Waals surface area contributed by atoms with Crippen LogP contribution in [0.2, 0.25) is 0 Å². The van der Waals surface area contributed by atoms with Gasteiger partial charge in [0.05, 0.1) is 18.5 Å². The van der Waals surface area contributed by atoms with Crippen molar-refractivity contribution >= 4 is 11.9 Å². The summed E-state index contributed by atoms with van der Waals surface area (Å²) in [6, 6.07) is 0. The van der Waals surface area contributed by atoms with E-state index in [-0.39, 0.29) is 0 Å². The Morgan fingerprint density at radius 1 is 0.833 bits per heavy atom. The third-order valence-corrected chi connectivity index (χ3v) is 1.69. The monoisotopic (exact) mass is 194 g/mol. The number of hydrogen-bond acceptors (Lipinski definition) is 1. The topological polar surface area (TPSA) is 9.23 Å². The molecule has 0 saturated carbocycles. The molecule has 0 saturated heterocycles. The fourth-order valence-corrected chi connectivity index (χ4v) is 0.869. The van der Waals surface area contributed by atoms with Crippen molar-refractivity contribution in [3.8, 4) is 0 Å². The highest BCUT2D eigenvalue weighted by Gasteiger charge is 1.81. The third kappa shape index (κ3) is 22.5. The van der Waals surface area contributed by atoms with Crippen molar-refractivity contribution in [1.29, 1.82) is 0 Å². The first-order chi connectivity index (χ1) is 5.83. The molecule has 0 heterocycles. The Morgan fingerprint density at radius 3 is 1.58 bits per heavy atom. The van der Waals surface area contributed by atoms with Gasteiger partial charge in [0.1, 0.15) is 0 Å². The molecule has 0 spiro atoms. The van der Waals surface area contributed by atoms with Crippen LogP contribution in [0.5, 0.6) is 0 Å². The summed E-state index contributed by atoms with van der Waals surface area (Å²) in [7, 11) is 0. The molecule has 0 bridgehead atoms. The number of rotatable bonds is 6. The first-order valence-electron chi connectivity index (χ1n) is 5.06. The van der Waals surface area contributed by atoms with E-state index in [1.807, 2.05) is 0 Å². The molecule has 0 aliphatic heterocycles. The van der Waals surface area contributed by atoms with E-state index in [1.54, 1.807) is 0 Å². The molecule has 2 heteroatoms. The van der Waals surface area contributed by atoms with Crippen LogP contribution in [0.1, 0.15) is 59.3 Å². The average molecular weight is 195 g/mol. The van der Waals surface area contributed by atoms with Crippen molar-refractivity contribution in [3.05, 3.63) is 0 Å². The van der Waals surface area contributed by atoms with Crippen LogP contribution in [-0.2, 0) is 4.29 Å². The average Bonchev–Trinajstić information content (AvgIpc) is 2.08. The van der Waals surface area contributed by atoms with Crippen molar-refractivity contribution in [2.24, 2.45) is 0 Å². The van der Waals surface area contributed by atoms with Gasteiger partial charge in [-0.25, -0.2) is 0 Å². The quantitative estimate of drug-likeness (QED) is 0.564. The summed E-state index contributed by atoms with van der Waals surface area (Å²) in [6.07, 6.45) is 7.60. The number of unbranched alkanes of at least 4 members (excludes halogenated alkanes) is 4. The van der Waals surface area contributed by atoms with Gasteiger partial charge in [0.15, 0.2) is 0 Å². The zero-order chi connectivity index (χ0) is 9.66. The predicted octanol–water partition coefficient (Wildman–Crippen LogP) is 4.54. The first kappa shape index (κ1) is 14.8. The molecule has 0 N–H and O–H groups in total. The summed E-state index contributed by atoms with van der Waals surface area (Å²) < 4.78 is 4.32. The van der Waals surface area contributed by atoms with Crippen molar-refractivity contribution in [1.82, 2.24) is 0 Å². The van der Waals surface area contributed by atoms with Gasteiger partial charge in [-0.3, -0.25) is 4.29 Å². The van der Waals surface area contributed by atoms with Gasteiger partial charge >= 0.3 is 0 Å². The zero-order valence-electron chi connectivity index (χ0n) is 8.74.